The van der Waals surface area contributed by atoms with Crippen molar-refractivity contribution in [2.75, 3.05) is 14.2 Å². The minimum absolute atomic E-state index is 0.0765. The van der Waals surface area contributed by atoms with Gasteiger partial charge in [-0.25, -0.2) is 8.42 Å². The van der Waals surface area contributed by atoms with Crippen LogP contribution < -0.4 is 19.7 Å². The molecule has 0 aliphatic heterocycles. The number of aryl methyl sites for hydroxylation is 2. The molecule has 3 rings (SSSR count). The number of rotatable bonds is 6. The van der Waals surface area contributed by atoms with Gasteiger partial charge in [0.2, 0.25) is 0 Å². The van der Waals surface area contributed by atoms with E-state index in [9.17, 15) is 13.2 Å². The summed E-state index contributed by atoms with van der Waals surface area (Å²) < 4.78 is 35.9. The number of ether oxygens (including phenoxy) is 2. The van der Waals surface area contributed by atoms with Crippen LogP contribution in [0.1, 0.15) is 39.4 Å². The fourth-order valence-corrected chi connectivity index (χ4v) is 6.08. The molecule has 2 N–H and O–H groups in total. The zero-order valence-corrected chi connectivity index (χ0v) is 18.7. The van der Waals surface area contributed by atoms with Crippen molar-refractivity contribution in [2.45, 2.75) is 37.0 Å². The second-order valence-electron chi connectivity index (χ2n) is 6.32. The summed E-state index contributed by atoms with van der Waals surface area (Å²) in [6, 6.07) is 4.68. The van der Waals surface area contributed by atoms with E-state index in [1.807, 2.05) is 6.07 Å². The van der Waals surface area contributed by atoms with Crippen molar-refractivity contribution in [3.05, 3.63) is 38.0 Å². The van der Waals surface area contributed by atoms with E-state index in [-0.39, 0.29) is 15.1 Å². The first-order valence-electron chi connectivity index (χ1n) is 8.71. The zero-order chi connectivity index (χ0) is 20.3. The van der Waals surface area contributed by atoms with Crippen molar-refractivity contribution in [3.63, 3.8) is 0 Å². The van der Waals surface area contributed by atoms with Crippen LogP contribution in [0.25, 0.3) is 0 Å². The molecule has 1 heterocycles. The summed E-state index contributed by atoms with van der Waals surface area (Å²) in [4.78, 5) is 16.2. The number of benzene rings is 1. The molecular formula is C18H21BrN2O5S2. The molecular weight excluding hydrogens is 468 g/mol. The van der Waals surface area contributed by atoms with Gasteiger partial charge in [-0.15, -0.1) is 16.2 Å². The Morgan fingerprint density at radius 2 is 1.75 bits per heavy atom. The first-order chi connectivity index (χ1) is 13.4. The quantitative estimate of drug-likeness (QED) is 0.479. The van der Waals surface area contributed by atoms with E-state index < -0.39 is 15.9 Å². The molecule has 0 fully saturated rings. The number of sulfonamides is 1. The molecule has 2 aromatic rings. The summed E-state index contributed by atoms with van der Waals surface area (Å²) in [5.41, 5.74) is 3.49. The number of hydrazine groups is 1. The Balaban J connectivity index is 1.76. The number of carbonyl (C=O) groups excluding carboxylic acids is 1. The van der Waals surface area contributed by atoms with Crippen LogP contribution in [0.4, 0.5) is 0 Å². The average molecular weight is 489 g/mol. The molecule has 28 heavy (non-hydrogen) atoms. The van der Waals surface area contributed by atoms with Crippen molar-refractivity contribution >= 4 is 43.2 Å². The molecule has 1 aliphatic carbocycles. The third-order valence-corrected chi connectivity index (χ3v) is 7.94. The predicted molar refractivity (Wildman–Crippen MR) is 111 cm³/mol. The lowest BCUT2D eigenvalue weighted by Crippen LogP contribution is -2.41. The van der Waals surface area contributed by atoms with Crippen LogP contribution in [0.3, 0.4) is 0 Å². The minimum atomic E-state index is -4.02. The number of methoxy groups -OCH3 is 2. The van der Waals surface area contributed by atoms with Crippen molar-refractivity contribution in [1.29, 1.82) is 0 Å². The number of carbonyl (C=O) groups is 1. The van der Waals surface area contributed by atoms with Crippen LogP contribution in [0, 0.1) is 0 Å². The van der Waals surface area contributed by atoms with Crippen LogP contribution in [0.5, 0.6) is 11.5 Å². The highest BCUT2D eigenvalue weighted by atomic mass is 79.9. The number of hydrogen-bond donors (Lipinski definition) is 2. The summed E-state index contributed by atoms with van der Waals surface area (Å²) in [5, 5.41) is 0. The highest BCUT2D eigenvalue weighted by Gasteiger charge is 2.23. The molecule has 7 nitrogen and oxygen atoms in total. The molecule has 0 saturated heterocycles. The van der Waals surface area contributed by atoms with Gasteiger partial charge in [-0.05, 0) is 59.3 Å². The second-order valence-corrected chi connectivity index (χ2v) is 9.96. The van der Waals surface area contributed by atoms with Gasteiger partial charge in [0, 0.05) is 15.4 Å². The van der Waals surface area contributed by atoms with Gasteiger partial charge in [-0.3, -0.25) is 10.2 Å². The number of fused-ring (bicyclic) bond motifs is 1. The molecule has 1 amide bonds. The molecule has 1 aliphatic rings. The van der Waals surface area contributed by atoms with E-state index in [2.05, 4.69) is 26.2 Å². The Hall–Kier alpha value is -1.62. The summed E-state index contributed by atoms with van der Waals surface area (Å²) >= 11 is 4.64. The van der Waals surface area contributed by atoms with Crippen molar-refractivity contribution in [2.24, 2.45) is 0 Å². The van der Waals surface area contributed by atoms with Gasteiger partial charge in [-0.2, -0.15) is 0 Å². The second kappa shape index (κ2) is 8.81. The highest BCUT2D eigenvalue weighted by Crippen LogP contribution is 2.35. The topological polar surface area (TPSA) is 93.7 Å². The van der Waals surface area contributed by atoms with Crippen LogP contribution in [0.2, 0.25) is 0 Å². The monoisotopic (exact) mass is 488 g/mol. The highest BCUT2D eigenvalue weighted by molar-refractivity contribution is 9.10. The van der Waals surface area contributed by atoms with Gasteiger partial charge in [0.25, 0.3) is 15.9 Å². The maximum absolute atomic E-state index is 12.6. The normalized spacial score (nSPS) is 14.1. The molecule has 0 unspecified atom stereocenters. The Labute approximate surface area is 176 Å². The van der Waals surface area contributed by atoms with Gasteiger partial charge in [0.15, 0.2) is 11.5 Å². The van der Waals surface area contributed by atoms with Crippen molar-refractivity contribution in [1.82, 2.24) is 10.3 Å². The Kier molecular flexibility index (Phi) is 6.64. The molecule has 0 bridgehead atoms. The Bertz CT molecular complexity index is 965. The molecule has 0 radical (unpaired) electrons. The number of hydrogen-bond acceptors (Lipinski definition) is 6. The largest absolute Gasteiger partial charge is 0.493 e. The van der Waals surface area contributed by atoms with Gasteiger partial charge in [-0.1, -0.05) is 6.42 Å². The summed E-state index contributed by atoms with van der Waals surface area (Å²) in [6.07, 6.45) is 5.36. The third kappa shape index (κ3) is 4.51. The van der Waals surface area contributed by atoms with E-state index in [0.717, 1.165) is 25.7 Å². The lowest BCUT2D eigenvalue weighted by molar-refractivity contribution is 0.0949. The fraction of sp³-hybridized carbons (Fsp3) is 0.389. The first-order valence-corrected chi connectivity index (χ1v) is 11.8. The molecule has 1 aromatic carbocycles. The zero-order valence-electron chi connectivity index (χ0n) is 15.5. The Morgan fingerprint density at radius 1 is 1.07 bits per heavy atom. The van der Waals surface area contributed by atoms with Crippen LogP contribution in [0.15, 0.2) is 27.6 Å². The number of thiophene rings is 1. The summed E-state index contributed by atoms with van der Waals surface area (Å²) in [5.74, 6) is 0.176. The molecule has 0 saturated carbocycles. The van der Waals surface area contributed by atoms with Crippen molar-refractivity contribution in [3.8, 4) is 11.5 Å². The number of halogens is 1. The van der Waals surface area contributed by atoms with E-state index in [1.54, 1.807) is 0 Å². The van der Waals surface area contributed by atoms with Crippen LogP contribution in [-0.4, -0.2) is 28.5 Å². The smallest absolute Gasteiger partial charge is 0.276 e. The van der Waals surface area contributed by atoms with Gasteiger partial charge in [0.1, 0.15) is 4.90 Å². The van der Waals surface area contributed by atoms with Gasteiger partial charge in [0.05, 0.1) is 19.1 Å². The minimum Gasteiger partial charge on any atom is -0.493 e. The van der Waals surface area contributed by atoms with Crippen LogP contribution in [-0.2, 0) is 22.9 Å². The predicted octanol–water partition coefficient (Wildman–Crippen LogP) is 3.42. The SMILES string of the molecule is COc1cc(Br)c(S(=O)(=O)NNC(=O)c2cc3c(s2)CCCCC3)cc1OC. The van der Waals surface area contributed by atoms with E-state index in [4.69, 9.17) is 9.47 Å². The van der Waals surface area contributed by atoms with E-state index in [0.29, 0.717) is 10.6 Å². The van der Waals surface area contributed by atoms with E-state index >= 15 is 0 Å². The lowest BCUT2D eigenvalue weighted by Gasteiger charge is -2.13. The van der Waals surface area contributed by atoms with E-state index in [1.165, 1.54) is 54.6 Å². The number of amides is 1. The third-order valence-electron chi connectivity index (χ3n) is 4.50. The van der Waals surface area contributed by atoms with Crippen molar-refractivity contribution < 1.29 is 22.7 Å². The first kappa shape index (κ1) is 21.1. The summed E-state index contributed by atoms with van der Waals surface area (Å²) in [6.45, 7) is 0. The maximum Gasteiger partial charge on any atom is 0.276 e. The molecule has 10 heteroatoms. The standard InChI is InChI=1S/C18H21BrN2O5S2/c1-25-13-9-12(19)17(10-14(13)26-2)28(23,24)21-20-18(22)16-8-11-6-4-3-5-7-15(11)27-16/h8-10,21H,3-7H2,1-2H3,(H,20,22). The van der Waals surface area contributed by atoms with Gasteiger partial charge < -0.3 is 9.47 Å². The molecule has 152 valence electrons. The fourth-order valence-electron chi connectivity index (χ4n) is 3.05. The molecule has 0 spiro atoms. The molecule has 0 atom stereocenters. The molecule has 1 aromatic heterocycles. The van der Waals surface area contributed by atoms with Gasteiger partial charge >= 0.3 is 0 Å². The average Bonchev–Trinajstić information content (AvgIpc) is 2.96. The number of nitrogens with one attached hydrogen (secondary N) is 2. The Morgan fingerprint density at radius 3 is 2.46 bits per heavy atom. The van der Waals surface area contributed by atoms with Crippen LogP contribution >= 0.6 is 27.3 Å². The summed E-state index contributed by atoms with van der Waals surface area (Å²) in [7, 11) is -1.15. The lowest BCUT2D eigenvalue weighted by atomic mass is 10.1. The maximum atomic E-state index is 12.6.